The normalized spacial score (nSPS) is 13.8. The lowest BCUT2D eigenvalue weighted by Crippen LogP contribution is -2.05. The largest absolute Gasteiger partial charge is 0.307 e. The molecule has 0 amide bonds. The zero-order valence-corrected chi connectivity index (χ0v) is 12.0. The minimum absolute atomic E-state index is 0.242. The topological polar surface area (TPSA) is 37.8 Å². The van der Waals surface area contributed by atoms with Crippen molar-refractivity contribution in [3.8, 4) is 11.4 Å². The molecule has 1 aromatic heterocycles. The van der Waals surface area contributed by atoms with E-state index in [9.17, 15) is 4.39 Å². The van der Waals surface area contributed by atoms with Gasteiger partial charge in [-0.2, -0.15) is 0 Å². The number of benzene rings is 1. The van der Waals surface area contributed by atoms with E-state index >= 15 is 0 Å². The van der Waals surface area contributed by atoms with Gasteiger partial charge in [0.05, 0.1) is 11.4 Å². The molecule has 0 radical (unpaired) electrons. The smallest absolute Gasteiger partial charge is 0.159 e. The maximum Gasteiger partial charge on any atom is 0.159 e. The second kappa shape index (κ2) is 4.94. The third kappa shape index (κ3) is 2.31. The highest BCUT2D eigenvalue weighted by molar-refractivity contribution is 5.57. The first-order valence-electron chi connectivity index (χ1n) is 6.92. The van der Waals surface area contributed by atoms with Crippen molar-refractivity contribution in [3.63, 3.8) is 0 Å². The van der Waals surface area contributed by atoms with E-state index in [0.717, 1.165) is 35.6 Å². The highest BCUT2D eigenvalue weighted by Gasteiger charge is 2.21. The monoisotopic (exact) mass is 271 g/mol. The fourth-order valence-electron chi connectivity index (χ4n) is 2.67. The summed E-state index contributed by atoms with van der Waals surface area (Å²) in [6.45, 7) is 7.72. The highest BCUT2D eigenvalue weighted by atomic mass is 19.1. The van der Waals surface area contributed by atoms with Crippen LogP contribution in [0.1, 0.15) is 42.3 Å². The van der Waals surface area contributed by atoms with Crippen LogP contribution in [-0.2, 0) is 13.1 Å². The summed E-state index contributed by atoms with van der Waals surface area (Å²) in [7, 11) is 0. The SMILES string of the molecule is Cc1cc(F)cc(-c2nc3c(c(C(C)C)n2)CNC3)c1. The van der Waals surface area contributed by atoms with Crippen LogP contribution in [-0.4, -0.2) is 9.97 Å². The van der Waals surface area contributed by atoms with Gasteiger partial charge in [-0.05, 0) is 36.6 Å². The molecule has 104 valence electrons. The maximum absolute atomic E-state index is 13.6. The zero-order valence-electron chi connectivity index (χ0n) is 12.0. The number of aromatic nitrogens is 2. The van der Waals surface area contributed by atoms with Crippen molar-refractivity contribution in [1.82, 2.24) is 15.3 Å². The number of hydrogen-bond donors (Lipinski definition) is 1. The Morgan fingerprint density at radius 1 is 1.15 bits per heavy atom. The molecule has 0 fully saturated rings. The quantitative estimate of drug-likeness (QED) is 0.910. The third-order valence-corrected chi connectivity index (χ3v) is 3.57. The lowest BCUT2D eigenvalue weighted by molar-refractivity contribution is 0.627. The van der Waals surface area contributed by atoms with E-state index in [4.69, 9.17) is 0 Å². The van der Waals surface area contributed by atoms with Crippen molar-refractivity contribution in [2.75, 3.05) is 0 Å². The summed E-state index contributed by atoms with van der Waals surface area (Å²) in [5.41, 5.74) is 4.95. The second-order valence-corrected chi connectivity index (χ2v) is 5.63. The lowest BCUT2D eigenvalue weighted by Gasteiger charge is -2.12. The van der Waals surface area contributed by atoms with Gasteiger partial charge in [0.2, 0.25) is 0 Å². The molecule has 0 spiro atoms. The predicted octanol–water partition coefficient (Wildman–Crippen LogP) is 3.32. The van der Waals surface area contributed by atoms with Gasteiger partial charge >= 0.3 is 0 Å². The fraction of sp³-hybridized carbons (Fsp3) is 0.375. The maximum atomic E-state index is 13.6. The van der Waals surface area contributed by atoms with E-state index < -0.39 is 0 Å². The second-order valence-electron chi connectivity index (χ2n) is 5.63. The van der Waals surface area contributed by atoms with Crippen molar-refractivity contribution in [1.29, 1.82) is 0 Å². The average molecular weight is 271 g/mol. The van der Waals surface area contributed by atoms with Gasteiger partial charge in [0.15, 0.2) is 5.82 Å². The Morgan fingerprint density at radius 3 is 2.65 bits per heavy atom. The molecule has 3 nitrogen and oxygen atoms in total. The van der Waals surface area contributed by atoms with E-state index in [1.165, 1.54) is 17.7 Å². The summed E-state index contributed by atoms with van der Waals surface area (Å²) >= 11 is 0. The Bertz CT molecular complexity index is 645. The molecule has 2 aromatic rings. The Kier molecular flexibility index (Phi) is 3.26. The van der Waals surface area contributed by atoms with Crippen molar-refractivity contribution in [3.05, 3.63) is 46.5 Å². The molecule has 0 bridgehead atoms. The number of hydrogen-bond acceptors (Lipinski definition) is 3. The zero-order chi connectivity index (χ0) is 14.3. The minimum atomic E-state index is -0.242. The summed E-state index contributed by atoms with van der Waals surface area (Å²) in [5, 5.41) is 3.31. The molecule has 0 unspecified atom stereocenters. The number of nitrogens with zero attached hydrogens (tertiary/aromatic N) is 2. The molecular weight excluding hydrogens is 253 g/mol. The van der Waals surface area contributed by atoms with Crippen LogP contribution in [0.25, 0.3) is 11.4 Å². The molecule has 1 N–H and O–H groups in total. The van der Waals surface area contributed by atoms with Crippen molar-refractivity contribution in [2.45, 2.75) is 39.8 Å². The van der Waals surface area contributed by atoms with Gasteiger partial charge in [0.1, 0.15) is 5.82 Å². The van der Waals surface area contributed by atoms with Crippen LogP contribution in [0.3, 0.4) is 0 Å². The van der Waals surface area contributed by atoms with E-state index in [0.29, 0.717) is 11.7 Å². The van der Waals surface area contributed by atoms with Crippen LogP contribution in [0, 0.1) is 12.7 Å². The first kappa shape index (κ1) is 13.2. The predicted molar refractivity (Wildman–Crippen MR) is 76.8 cm³/mol. The van der Waals surface area contributed by atoms with E-state index in [1.807, 2.05) is 13.0 Å². The van der Waals surface area contributed by atoms with Gasteiger partial charge in [0, 0.05) is 24.2 Å². The van der Waals surface area contributed by atoms with Crippen LogP contribution in [0.2, 0.25) is 0 Å². The summed E-state index contributed by atoms with van der Waals surface area (Å²) in [6.07, 6.45) is 0. The van der Waals surface area contributed by atoms with E-state index in [-0.39, 0.29) is 5.82 Å². The van der Waals surface area contributed by atoms with Crippen LogP contribution >= 0.6 is 0 Å². The van der Waals surface area contributed by atoms with Crippen molar-refractivity contribution >= 4 is 0 Å². The van der Waals surface area contributed by atoms with Crippen LogP contribution < -0.4 is 5.32 Å². The lowest BCUT2D eigenvalue weighted by atomic mass is 10.0. The number of nitrogens with one attached hydrogen (secondary N) is 1. The molecule has 1 aliphatic heterocycles. The van der Waals surface area contributed by atoms with Gasteiger partial charge in [-0.1, -0.05) is 13.8 Å². The minimum Gasteiger partial charge on any atom is -0.307 e. The van der Waals surface area contributed by atoms with E-state index in [1.54, 1.807) is 0 Å². The number of aryl methyl sites for hydroxylation is 1. The standard InChI is InChI=1S/C16H18FN3/c1-9(2)15-13-7-18-8-14(13)19-16(20-15)11-4-10(3)5-12(17)6-11/h4-6,9,18H,7-8H2,1-3H3. The first-order valence-corrected chi connectivity index (χ1v) is 6.92. The summed E-state index contributed by atoms with van der Waals surface area (Å²) in [4.78, 5) is 9.29. The number of fused-ring (bicyclic) bond motifs is 1. The molecule has 3 rings (SSSR count). The Morgan fingerprint density at radius 2 is 1.95 bits per heavy atom. The summed E-state index contributed by atoms with van der Waals surface area (Å²) in [5.74, 6) is 0.715. The third-order valence-electron chi connectivity index (χ3n) is 3.57. The Hall–Kier alpha value is -1.81. The summed E-state index contributed by atoms with van der Waals surface area (Å²) in [6, 6.07) is 4.94. The van der Waals surface area contributed by atoms with Crippen LogP contribution in [0.4, 0.5) is 4.39 Å². The molecule has 1 aromatic carbocycles. The van der Waals surface area contributed by atoms with Gasteiger partial charge in [0.25, 0.3) is 0 Å². The van der Waals surface area contributed by atoms with Crippen LogP contribution in [0.5, 0.6) is 0 Å². The first-order chi connectivity index (χ1) is 9.54. The van der Waals surface area contributed by atoms with Gasteiger partial charge in [-0.15, -0.1) is 0 Å². The molecule has 0 saturated carbocycles. The molecule has 2 heterocycles. The molecule has 1 aliphatic rings. The van der Waals surface area contributed by atoms with Gasteiger partial charge in [-0.3, -0.25) is 0 Å². The van der Waals surface area contributed by atoms with Crippen LogP contribution in [0.15, 0.2) is 18.2 Å². The van der Waals surface area contributed by atoms with E-state index in [2.05, 4.69) is 29.1 Å². The van der Waals surface area contributed by atoms with Gasteiger partial charge < -0.3 is 5.32 Å². The van der Waals surface area contributed by atoms with Gasteiger partial charge in [-0.25, -0.2) is 14.4 Å². The van der Waals surface area contributed by atoms with Crippen molar-refractivity contribution < 1.29 is 4.39 Å². The number of rotatable bonds is 2. The fourth-order valence-corrected chi connectivity index (χ4v) is 2.67. The molecule has 0 atom stereocenters. The summed E-state index contributed by atoms with van der Waals surface area (Å²) < 4.78 is 13.6. The Balaban J connectivity index is 2.17. The Labute approximate surface area is 118 Å². The highest BCUT2D eigenvalue weighted by Crippen LogP contribution is 2.27. The average Bonchev–Trinajstić information content (AvgIpc) is 2.84. The molecule has 20 heavy (non-hydrogen) atoms. The number of halogens is 1. The van der Waals surface area contributed by atoms with Crippen molar-refractivity contribution in [2.24, 2.45) is 0 Å². The molecular formula is C16H18FN3. The molecule has 4 heteroatoms. The molecule has 0 saturated heterocycles. The molecule has 0 aliphatic carbocycles.